The molecule has 7 nitrogen and oxygen atoms in total. The molecule has 3 heterocycles. The highest BCUT2D eigenvalue weighted by molar-refractivity contribution is 6.06. The van der Waals surface area contributed by atoms with Crippen molar-refractivity contribution >= 4 is 23.2 Å². The third kappa shape index (κ3) is 5.84. The third-order valence-corrected chi connectivity index (χ3v) is 7.78. The summed E-state index contributed by atoms with van der Waals surface area (Å²) in [7, 11) is 0. The molecule has 2 amide bonds. The zero-order valence-corrected chi connectivity index (χ0v) is 21.7. The molecule has 2 N–H and O–H groups in total. The molecule has 7 heteroatoms. The third-order valence-electron chi connectivity index (χ3n) is 7.78. The number of allylic oxidation sites excluding steroid dienone is 1. The van der Waals surface area contributed by atoms with E-state index in [1.165, 1.54) is 5.56 Å². The Morgan fingerprint density at radius 1 is 1.14 bits per heavy atom. The van der Waals surface area contributed by atoms with Gasteiger partial charge in [-0.3, -0.25) is 9.59 Å². The zero-order valence-electron chi connectivity index (χ0n) is 21.7. The fourth-order valence-corrected chi connectivity index (χ4v) is 5.71. The lowest BCUT2D eigenvalue weighted by molar-refractivity contribution is -0.120. The zero-order chi connectivity index (χ0) is 24.9. The van der Waals surface area contributed by atoms with Crippen LogP contribution in [0.3, 0.4) is 0 Å². The smallest absolute Gasteiger partial charge is 0.254 e. The van der Waals surface area contributed by atoms with E-state index in [9.17, 15) is 9.59 Å². The van der Waals surface area contributed by atoms with Gasteiger partial charge < -0.3 is 20.3 Å². The summed E-state index contributed by atoms with van der Waals surface area (Å²) < 4.78 is 5.62. The lowest BCUT2D eigenvalue weighted by Gasteiger charge is -2.37. The Morgan fingerprint density at radius 3 is 2.51 bits per heavy atom. The van der Waals surface area contributed by atoms with E-state index < -0.39 is 5.92 Å². The second-order valence-electron chi connectivity index (χ2n) is 10.1. The predicted octanol–water partition coefficient (Wildman–Crippen LogP) is 3.76. The maximum absolute atomic E-state index is 13.5. The number of nitrogens with zero attached hydrogens (tertiary/aromatic N) is 2. The molecule has 1 aromatic carbocycles. The number of piperidine rings is 1. The molecular weight excluding hydrogens is 440 g/mol. The molecule has 0 radical (unpaired) electrons. The van der Waals surface area contributed by atoms with Crippen LogP contribution in [0.2, 0.25) is 0 Å². The van der Waals surface area contributed by atoms with E-state index in [2.05, 4.69) is 46.5 Å². The highest BCUT2D eigenvalue weighted by Gasteiger charge is 2.28. The quantitative estimate of drug-likeness (QED) is 0.621. The number of amides is 2. The molecule has 1 aromatic rings. The van der Waals surface area contributed by atoms with Gasteiger partial charge in [0, 0.05) is 49.3 Å². The van der Waals surface area contributed by atoms with Crippen LogP contribution in [0.15, 0.2) is 28.8 Å². The number of carbonyl (C=O) groups excluding carboxylic acids is 2. The summed E-state index contributed by atoms with van der Waals surface area (Å²) >= 11 is 0. The molecule has 0 aromatic heterocycles. The molecule has 0 spiro atoms. The van der Waals surface area contributed by atoms with Crippen molar-refractivity contribution in [1.29, 1.82) is 0 Å². The highest BCUT2D eigenvalue weighted by Crippen LogP contribution is 2.35. The number of aliphatic imine (C=N–C) groups is 1. The Labute approximate surface area is 209 Å². The fraction of sp³-hybridized carbons (Fsp3) is 0.607. The highest BCUT2D eigenvalue weighted by atomic mass is 16.5. The summed E-state index contributed by atoms with van der Waals surface area (Å²) in [5, 5.41) is 6.51. The minimum absolute atomic E-state index is 0.116. The topological polar surface area (TPSA) is 83.0 Å². The van der Waals surface area contributed by atoms with Gasteiger partial charge in [0.1, 0.15) is 0 Å². The Balaban J connectivity index is 1.63. The van der Waals surface area contributed by atoms with Crippen LogP contribution >= 0.6 is 0 Å². The van der Waals surface area contributed by atoms with Crippen LogP contribution in [0.25, 0.3) is 0 Å². The Bertz CT molecular complexity index is 1000. The van der Waals surface area contributed by atoms with E-state index in [1.807, 2.05) is 19.9 Å². The Morgan fingerprint density at radius 2 is 1.86 bits per heavy atom. The van der Waals surface area contributed by atoms with Crippen molar-refractivity contribution in [2.24, 2.45) is 10.9 Å². The van der Waals surface area contributed by atoms with Crippen LogP contribution in [-0.4, -0.2) is 63.0 Å². The minimum Gasteiger partial charge on any atom is -0.381 e. The average Bonchev–Trinajstić information content (AvgIpc) is 2.86. The van der Waals surface area contributed by atoms with Crippen LogP contribution < -0.4 is 15.5 Å². The molecule has 4 rings (SSSR count). The standard InChI is InChI=1S/C28H40N4O3/c1-5-32(23-8-12-35-13-9-23)26-16-22(21-6-10-29-11-7-21)15-24(20(26)4)27(33)30-17-25-18(2)14-19(3)31-28(25)34/h14-16,21,23,25,29H,5-13,17H2,1-4H3,(H,30,33). The maximum Gasteiger partial charge on any atom is 0.254 e. The average molecular weight is 481 g/mol. The van der Waals surface area contributed by atoms with Gasteiger partial charge in [-0.1, -0.05) is 5.57 Å². The van der Waals surface area contributed by atoms with Crippen molar-refractivity contribution in [3.05, 3.63) is 40.5 Å². The molecule has 1 unspecified atom stereocenters. The van der Waals surface area contributed by atoms with Gasteiger partial charge in [-0.15, -0.1) is 0 Å². The van der Waals surface area contributed by atoms with Crippen molar-refractivity contribution in [2.75, 3.05) is 44.3 Å². The van der Waals surface area contributed by atoms with Gasteiger partial charge in [0.05, 0.1) is 5.92 Å². The number of hydrogen-bond donors (Lipinski definition) is 2. The SMILES string of the molecule is CCN(c1cc(C2CCNCC2)cc(C(=O)NCC2C(=O)N=C(C)C=C2C)c1C)C1CCOCC1. The summed E-state index contributed by atoms with van der Waals surface area (Å²) in [6.07, 6.45) is 6.07. The number of anilines is 1. The maximum atomic E-state index is 13.5. The Kier molecular flexibility index (Phi) is 8.39. The van der Waals surface area contributed by atoms with Crippen molar-refractivity contribution in [3.63, 3.8) is 0 Å². The van der Waals surface area contributed by atoms with Crippen LogP contribution in [0, 0.1) is 12.8 Å². The molecule has 0 bridgehead atoms. The van der Waals surface area contributed by atoms with Gasteiger partial charge in [0.2, 0.25) is 0 Å². The summed E-state index contributed by atoms with van der Waals surface area (Å²) in [6, 6.07) is 4.84. The van der Waals surface area contributed by atoms with Gasteiger partial charge in [0.25, 0.3) is 11.8 Å². The predicted molar refractivity (Wildman–Crippen MR) is 141 cm³/mol. The largest absolute Gasteiger partial charge is 0.381 e. The first-order valence-electron chi connectivity index (χ1n) is 13.1. The van der Waals surface area contributed by atoms with E-state index in [1.54, 1.807) is 0 Å². The van der Waals surface area contributed by atoms with Crippen LogP contribution in [0.1, 0.15) is 73.9 Å². The number of dihydropyridines is 1. The molecule has 35 heavy (non-hydrogen) atoms. The second-order valence-corrected chi connectivity index (χ2v) is 10.1. The number of hydrogen-bond acceptors (Lipinski definition) is 5. The molecule has 190 valence electrons. The number of rotatable bonds is 7. The van der Waals surface area contributed by atoms with Gasteiger partial charge in [-0.2, -0.15) is 0 Å². The number of nitrogens with one attached hydrogen (secondary N) is 2. The van der Waals surface area contributed by atoms with Gasteiger partial charge >= 0.3 is 0 Å². The molecule has 0 aliphatic carbocycles. The summed E-state index contributed by atoms with van der Waals surface area (Å²) in [5.41, 5.74) is 5.78. The monoisotopic (exact) mass is 480 g/mol. The second kappa shape index (κ2) is 11.5. The summed E-state index contributed by atoms with van der Waals surface area (Å²) in [5.74, 6) is -0.253. The van der Waals surface area contributed by atoms with Gasteiger partial charge in [-0.25, -0.2) is 4.99 Å². The molecule has 2 fully saturated rings. The summed E-state index contributed by atoms with van der Waals surface area (Å²) in [4.78, 5) is 32.5. The van der Waals surface area contributed by atoms with Crippen molar-refractivity contribution < 1.29 is 14.3 Å². The molecule has 3 aliphatic rings. The number of ether oxygens (including phenoxy) is 1. The first-order valence-corrected chi connectivity index (χ1v) is 13.1. The molecule has 3 aliphatic heterocycles. The van der Waals surface area contributed by atoms with E-state index in [0.29, 0.717) is 17.5 Å². The van der Waals surface area contributed by atoms with Crippen molar-refractivity contribution in [3.8, 4) is 0 Å². The van der Waals surface area contributed by atoms with Crippen LogP contribution in [0.4, 0.5) is 5.69 Å². The van der Waals surface area contributed by atoms with Crippen LogP contribution in [-0.2, 0) is 9.53 Å². The molecular formula is C28H40N4O3. The van der Waals surface area contributed by atoms with Crippen LogP contribution in [0.5, 0.6) is 0 Å². The van der Waals surface area contributed by atoms with E-state index in [4.69, 9.17) is 4.74 Å². The minimum atomic E-state index is -0.399. The van der Waals surface area contributed by atoms with Gasteiger partial charge in [0.15, 0.2) is 0 Å². The molecule has 1 atom stereocenters. The normalized spacial score (nSPS) is 21.9. The van der Waals surface area contributed by atoms with Crippen molar-refractivity contribution in [2.45, 2.75) is 65.3 Å². The molecule has 0 saturated carbocycles. The summed E-state index contributed by atoms with van der Waals surface area (Å²) in [6.45, 7) is 12.7. The molecule has 2 saturated heterocycles. The lowest BCUT2D eigenvalue weighted by atomic mass is 9.87. The lowest BCUT2D eigenvalue weighted by Crippen LogP contribution is -2.40. The van der Waals surface area contributed by atoms with E-state index in [-0.39, 0.29) is 18.4 Å². The number of carbonyl (C=O) groups is 2. The fourth-order valence-electron chi connectivity index (χ4n) is 5.71. The first kappa shape index (κ1) is 25.6. The Hall–Kier alpha value is -2.51. The number of benzene rings is 1. The first-order chi connectivity index (χ1) is 16.9. The van der Waals surface area contributed by atoms with Gasteiger partial charge in [-0.05, 0) is 102 Å². The van der Waals surface area contributed by atoms with Crippen molar-refractivity contribution in [1.82, 2.24) is 10.6 Å². The van der Waals surface area contributed by atoms with E-state index in [0.717, 1.165) is 81.1 Å². The van der Waals surface area contributed by atoms with E-state index >= 15 is 0 Å².